The number of nitrogens with one attached hydrogen (secondary N) is 2. The van der Waals surface area contributed by atoms with Gasteiger partial charge in [-0.1, -0.05) is 18.0 Å². The molecular weight excluding hydrogens is 306 g/mol. The van der Waals surface area contributed by atoms with Crippen LogP contribution in [0, 0.1) is 10.8 Å². The Hall–Kier alpha value is -1.87. The summed E-state index contributed by atoms with van der Waals surface area (Å²) >= 11 is 0. The van der Waals surface area contributed by atoms with Crippen LogP contribution in [-0.2, 0) is 10.0 Å². The van der Waals surface area contributed by atoms with Gasteiger partial charge in [0.25, 0.3) is 10.0 Å². The maximum Gasteiger partial charge on any atom is 0.258 e. The molecule has 0 aromatic carbocycles. The molecule has 1 fully saturated rings. The zero-order valence-corrected chi connectivity index (χ0v) is 12.7. The number of rotatable bonds is 5. The summed E-state index contributed by atoms with van der Waals surface area (Å²) in [4.78, 5) is 14.6. The monoisotopic (exact) mass is 323 g/mol. The molecule has 0 saturated heterocycles. The van der Waals surface area contributed by atoms with Crippen molar-refractivity contribution in [2.45, 2.75) is 36.8 Å². The van der Waals surface area contributed by atoms with Crippen LogP contribution in [0.4, 0.5) is 0 Å². The average Bonchev–Trinajstić information content (AvgIpc) is 2.94. The molecule has 2 aromatic rings. The quantitative estimate of drug-likeness (QED) is 0.810. The van der Waals surface area contributed by atoms with Gasteiger partial charge in [-0.2, -0.15) is 10.0 Å². The zero-order chi connectivity index (χ0) is 15.6. The lowest BCUT2D eigenvalue weighted by Crippen LogP contribution is -2.43. The molecule has 22 heavy (non-hydrogen) atoms. The van der Waals surface area contributed by atoms with Crippen molar-refractivity contribution in [1.29, 1.82) is 0 Å². The first-order chi connectivity index (χ1) is 10.6. The highest BCUT2D eigenvalue weighted by molar-refractivity contribution is 7.89. The minimum absolute atomic E-state index is 0.0129. The molecule has 1 saturated carbocycles. The van der Waals surface area contributed by atoms with E-state index in [4.69, 9.17) is 0 Å². The Morgan fingerprint density at radius 1 is 1.36 bits per heavy atom. The van der Waals surface area contributed by atoms with Crippen LogP contribution in [0.25, 0.3) is 11.0 Å². The lowest BCUT2D eigenvalue weighted by Gasteiger charge is -2.30. The van der Waals surface area contributed by atoms with Gasteiger partial charge in [-0.3, -0.25) is 5.10 Å². The molecular formula is C13H17N5O3S. The Balaban J connectivity index is 1.88. The highest BCUT2D eigenvalue weighted by Gasteiger charge is 2.31. The first-order valence-corrected chi connectivity index (χ1v) is 8.70. The average molecular weight is 323 g/mol. The number of H-pyrrole nitrogens is 1. The van der Waals surface area contributed by atoms with E-state index in [1.807, 2.05) is 0 Å². The van der Waals surface area contributed by atoms with E-state index in [1.54, 1.807) is 18.3 Å². The van der Waals surface area contributed by atoms with Gasteiger partial charge in [0.1, 0.15) is 0 Å². The fourth-order valence-electron chi connectivity index (χ4n) is 2.97. The Kier molecular flexibility index (Phi) is 4.16. The summed E-state index contributed by atoms with van der Waals surface area (Å²) in [5, 5.41) is 9.86. The zero-order valence-electron chi connectivity index (χ0n) is 11.9. The van der Waals surface area contributed by atoms with Gasteiger partial charge in [0.15, 0.2) is 10.7 Å². The Morgan fingerprint density at radius 2 is 2.18 bits per heavy atom. The number of aromatic nitrogens is 3. The lowest BCUT2D eigenvalue weighted by atomic mass is 9.85. The van der Waals surface area contributed by atoms with E-state index in [-0.39, 0.29) is 23.5 Å². The van der Waals surface area contributed by atoms with Gasteiger partial charge >= 0.3 is 0 Å². The molecule has 0 radical (unpaired) electrons. The van der Waals surface area contributed by atoms with Crippen molar-refractivity contribution in [3.05, 3.63) is 23.2 Å². The van der Waals surface area contributed by atoms with Gasteiger partial charge in [-0.05, 0) is 30.9 Å². The minimum atomic E-state index is -3.75. The molecule has 2 aromatic heterocycles. The second kappa shape index (κ2) is 6.09. The molecule has 1 aliphatic rings. The second-order valence-electron chi connectivity index (χ2n) is 5.51. The fourth-order valence-corrected chi connectivity index (χ4v) is 4.41. The maximum atomic E-state index is 12.6. The van der Waals surface area contributed by atoms with E-state index in [1.165, 1.54) is 0 Å². The second-order valence-corrected chi connectivity index (χ2v) is 7.16. The lowest BCUT2D eigenvalue weighted by molar-refractivity contribution is 0.296. The van der Waals surface area contributed by atoms with Gasteiger partial charge < -0.3 is 0 Å². The summed E-state index contributed by atoms with van der Waals surface area (Å²) in [6, 6.07) is 3.05. The largest absolute Gasteiger partial charge is 0.263 e. The molecule has 2 N–H and O–H groups in total. The van der Waals surface area contributed by atoms with Crippen molar-refractivity contribution in [3.63, 3.8) is 0 Å². The molecule has 2 heterocycles. The maximum absolute atomic E-state index is 12.6. The number of fused-ring (bicyclic) bond motifs is 1. The summed E-state index contributed by atoms with van der Waals surface area (Å²) in [5.41, 5.74) is 0.359. The van der Waals surface area contributed by atoms with E-state index < -0.39 is 10.0 Å². The molecule has 3 rings (SSSR count). The van der Waals surface area contributed by atoms with Crippen LogP contribution >= 0.6 is 0 Å². The molecule has 0 aliphatic heterocycles. The molecule has 1 aliphatic carbocycles. The summed E-state index contributed by atoms with van der Waals surface area (Å²) in [6.07, 6.45) is 5.01. The SMILES string of the molecule is O=NCC1CCCCC1NS(=O)(=O)c1[nH]nc2ncccc12. The molecule has 0 bridgehead atoms. The molecule has 8 nitrogen and oxygen atoms in total. The number of aromatic amines is 1. The van der Waals surface area contributed by atoms with E-state index in [2.05, 4.69) is 25.1 Å². The molecule has 0 spiro atoms. The number of pyridine rings is 1. The first-order valence-electron chi connectivity index (χ1n) is 7.22. The van der Waals surface area contributed by atoms with E-state index in [9.17, 15) is 13.3 Å². The molecule has 118 valence electrons. The van der Waals surface area contributed by atoms with Crippen molar-refractivity contribution in [3.8, 4) is 0 Å². The Bertz CT molecular complexity index is 773. The summed E-state index contributed by atoms with van der Waals surface area (Å²) in [7, 11) is -3.75. The van der Waals surface area contributed by atoms with E-state index in [0.717, 1.165) is 19.3 Å². The van der Waals surface area contributed by atoms with Gasteiger partial charge in [0.05, 0.1) is 11.9 Å². The van der Waals surface area contributed by atoms with Crippen LogP contribution in [-0.4, -0.2) is 36.2 Å². The third-order valence-corrected chi connectivity index (χ3v) is 5.55. The third-order valence-electron chi connectivity index (χ3n) is 4.09. The van der Waals surface area contributed by atoms with Crippen LogP contribution < -0.4 is 4.72 Å². The molecule has 2 atom stereocenters. The smallest absolute Gasteiger partial charge is 0.258 e. The highest BCUT2D eigenvalue weighted by Crippen LogP contribution is 2.27. The third kappa shape index (κ3) is 2.86. The van der Waals surface area contributed by atoms with Gasteiger partial charge in [0, 0.05) is 12.2 Å². The topological polar surface area (TPSA) is 117 Å². The summed E-state index contributed by atoms with van der Waals surface area (Å²) in [5.74, 6) is -0.0478. The van der Waals surface area contributed by atoms with Crippen LogP contribution in [0.2, 0.25) is 0 Å². The summed E-state index contributed by atoms with van der Waals surface area (Å²) < 4.78 is 27.9. The predicted octanol–water partition coefficient (Wildman–Crippen LogP) is 1.56. The standard InChI is InChI=1S/C13H17N5O3S/c19-15-8-9-4-1-2-6-11(9)18-22(20,21)13-10-5-3-7-14-12(10)16-17-13/h3,5,7,9,11,18H,1-2,4,6,8H2,(H,14,16,17). The Morgan fingerprint density at radius 3 is 3.00 bits per heavy atom. The van der Waals surface area contributed by atoms with E-state index >= 15 is 0 Å². The molecule has 9 heteroatoms. The molecule has 0 amide bonds. The number of hydrogen-bond donors (Lipinski definition) is 2. The van der Waals surface area contributed by atoms with Crippen molar-refractivity contribution >= 4 is 21.1 Å². The normalized spacial score (nSPS) is 22.7. The van der Waals surface area contributed by atoms with Gasteiger partial charge in [-0.15, -0.1) is 0 Å². The van der Waals surface area contributed by atoms with Crippen molar-refractivity contribution < 1.29 is 8.42 Å². The minimum Gasteiger partial charge on any atom is -0.263 e. The summed E-state index contributed by atoms with van der Waals surface area (Å²) in [6.45, 7) is 0.137. The first kappa shape index (κ1) is 15.0. The van der Waals surface area contributed by atoms with Crippen LogP contribution in [0.3, 0.4) is 0 Å². The van der Waals surface area contributed by atoms with E-state index in [0.29, 0.717) is 17.5 Å². The predicted molar refractivity (Wildman–Crippen MR) is 80.6 cm³/mol. The number of sulfonamides is 1. The van der Waals surface area contributed by atoms with Crippen LogP contribution in [0.5, 0.6) is 0 Å². The molecule has 2 unspecified atom stereocenters. The number of nitroso groups, excluding NO2 is 1. The fraction of sp³-hybridized carbons (Fsp3) is 0.538. The van der Waals surface area contributed by atoms with Gasteiger partial charge in [0.2, 0.25) is 0 Å². The highest BCUT2D eigenvalue weighted by atomic mass is 32.2. The Labute approximate surface area is 127 Å². The number of nitrogens with zero attached hydrogens (tertiary/aromatic N) is 3. The van der Waals surface area contributed by atoms with Crippen LogP contribution in [0.1, 0.15) is 25.7 Å². The van der Waals surface area contributed by atoms with Crippen molar-refractivity contribution in [1.82, 2.24) is 19.9 Å². The number of hydrogen-bond acceptors (Lipinski definition) is 6. The van der Waals surface area contributed by atoms with Gasteiger partial charge in [-0.25, -0.2) is 18.1 Å². The van der Waals surface area contributed by atoms with Crippen molar-refractivity contribution in [2.75, 3.05) is 6.54 Å². The van der Waals surface area contributed by atoms with Crippen LogP contribution in [0.15, 0.2) is 28.5 Å². The van der Waals surface area contributed by atoms with Crippen molar-refractivity contribution in [2.24, 2.45) is 11.1 Å².